The molecule has 0 bridgehead atoms. The fraction of sp³-hybridized carbons (Fsp3) is 0.188. The van der Waals surface area contributed by atoms with Crippen LogP contribution in [-0.4, -0.2) is 5.91 Å². The van der Waals surface area contributed by atoms with Crippen LogP contribution >= 0.6 is 11.6 Å². The molecule has 0 spiro atoms. The van der Waals surface area contributed by atoms with Gasteiger partial charge in [0.15, 0.2) is 0 Å². The van der Waals surface area contributed by atoms with E-state index in [2.05, 4.69) is 17.4 Å². The Hall–Kier alpha value is -2.00. The van der Waals surface area contributed by atoms with Crippen molar-refractivity contribution in [3.63, 3.8) is 0 Å². The number of anilines is 1. The summed E-state index contributed by atoms with van der Waals surface area (Å²) in [5, 5.41) is 3.45. The highest BCUT2D eigenvalue weighted by molar-refractivity contribution is 6.33. The van der Waals surface area contributed by atoms with Gasteiger partial charge in [0, 0.05) is 0 Å². The first-order chi connectivity index (χ1) is 9.66. The third-order valence-corrected chi connectivity index (χ3v) is 4.07. The van der Waals surface area contributed by atoms with E-state index in [0.29, 0.717) is 16.3 Å². The average molecular weight is 287 g/mol. The van der Waals surface area contributed by atoms with Crippen molar-refractivity contribution in [2.24, 2.45) is 0 Å². The number of benzene rings is 2. The Morgan fingerprint density at radius 1 is 1.20 bits per heavy atom. The summed E-state index contributed by atoms with van der Waals surface area (Å²) in [4.78, 5) is 12.3. The van der Waals surface area contributed by atoms with Gasteiger partial charge in [-0.05, 0) is 36.1 Å². The molecule has 102 valence electrons. The van der Waals surface area contributed by atoms with Gasteiger partial charge < -0.3 is 11.1 Å². The van der Waals surface area contributed by atoms with Gasteiger partial charge in [0.2, 0.25) is 0 Å². The Morgan fingerprint density at radius 3 is 2.85 bits per heavy atom. The number of nitrogens with one attached hydrogen (secondary N) is 1. The van der Waals surface area contributed by atoms with E-state index in [4.69, 9.17) is 17.3 Å². The number of rotatable bonds is 2. The molecule has 3 nitrogen and oxygen atoms in total. The van der Waals surface area contributed by atoms with Crippen molar-refractivity contribution in [2.75, 3.05) is 5.73 Å². The monoisotopic (exact) mass is 286 g/mol. The molecule has 0 aromatic heterocycles. The van der Waals surface area contributed by atoms with Crippen molar-refractivity contribution >= 4 is 23.2 Å². The fourth-order valence-corrected chi connectivity index (χ4v) is 2.85. The molecule has 1 amide bonds. The highest BCUT2D eigenvalue weighted by atomic mass is 35.5. The normalized spacial score (nSPS) is 16.8. The van der Waals surface area contributed by atoms with Gasteiger partial charge in [0.1, 0.15) is 0 Å². The van der Waals surface area contributed by atoms with Gasteiger partial charge in [0.25, 0.3) is 5.91 Å². The number of carbonyl (C=O) groups is 1. The van der Waals surface area contributed by atoms with Crippen molar-refractivity contribution < 1.29 is 4.79 Å². The van der Waals surface area contributed by atoms with Crippen molar-refractivity contribution in [2.45, 2.75) is 18.9 Å². The largest absolute Gasteiger partial charge is 0.397 e. The van der Waals surface area contributed by atoms with Crippen LogP contribution in [0.3, 0.4) is 0 Å². The lowest BCUT2D eigenvalue weighted by Crippen LogP contribution is -2.27. The van der Waals surface area contributed by atoms with Gasteiger partial charge in [-0.1, -0.05) is 41.9 Å². The van der Waals surface area contributed by atoms with Crippen LogP contribution in [0.15, 0.2) is 42.5 Å². The summed E-state index contributed by atoms with van der Waals surface area (Å²) < 4.78 is 0. The maximum atomic E-state index is 12.3. The van der Waals surface area contributed by atoms with Crippen molar-refractivity contribution in [3.05, 3.63) is 64.2 Å². The predicted molar refractivity (Wildman–Crippen MR) is 80.8 cm³/mol. The molecular formula is C16H15ClN2O. The average Bonchev–Trinajstić information content (AvgIpc) is 2.85. The van der Waals surface area contributed by atoms with Crippen LogP contribution in [0.5, 0.6) is 0 Å². The Bertz CT molecular complexity index is 669. The Labute approximate surface area is 122 Å². The fourth-order valence-electron chi connectivity index (χ4n) is 2.68. The summed E-state index contributed by atoms with van der Waals surface area (Å²) in [5.41, 5.74) is 9.12. The second kappa shape index (κ2) is 5.17. The van der Waals surface area contributed by atoms with Gasteiger partial charge in [-0.15, -0.1) is 0 Å². The van der Waals surface area contributed by atoms with Gasteiger partial charge in [-0.25, -0.2) is 0 Å². The number of aryl methyl sites for hydroxylation is 1. The number of hydrogen-bond donors (Lipinski definition) is 2. The Morgan fingerprint density at radius 2 is 2.00 bits per heavy atom. The molecule has 2 aromatic carbocycles. The van der Waals surface area contributed by atoms with Crippen molar-refractivity contribution in [1.82, 2.24) is 5.32 Å². The Kier molecular flexibility index (Phi) is 3.36. The topological polar surface area (TPSA) is 55.1 Å². The molecule has 1 aliphatic carbocycles. The number of carbonyl (C=O) groups excluding carboxylic acids is 1. The van der Waals surface area contributed by atoms with E-state index >= 15 is 0 Å². The molecule has 4 heteroatoms. The molecule has 0 saturated heterocycles. The summed E-state index contributed by atoms with van der Waals surface area (Å²) in [6.45, 7) is 0. The first-order valence-corrected chi connectivity index (χ1v) is 6.97. The summed E-state index contributed by atoms with van der Waals surface area (Å²) in [6, 6.07) is 13.3. The maximum absolute atomic E-state index is 12.3. The predicted octanol–water partition coefficient (Wildman–Crippen LogP) is 3.34. The molecule has 0 radical (unpaired) electrons. The number of para-hydroxylation sites is 1. The summed E-state index contributed by atoms with van der Waals surface area (Å²) in [5.74, 6) is -0.174. The third kappa shape index (κ3) is 2.25. The number of nitrogens with two attached hydrogens (primary N) is 1. The number of halogens is 1. The van der Waals surface area contributed by atoms with Gasteiger partial charge >= 0.3 is 0 Å². The van der Waals surface area contributed by atoms with Crippen LogP contribution in [0, 0.1) is 0 Å². The van der Waals surface area contributed by atoms with Crippen molar-refractivity contribution in [3.8, 4) is 0 Å². The lowest BCUT2D eigenvalue weighted by atomic mass is 10.1. The molecule has 0 heterocycles. The van der Waals surface area contributed by atoms with Crippen LogP contribution in [0.4, 0.5) is 5.69 Å². The smallest absolute Gasteiger partial charge is 0.253 e. The van der Waals surface area contributed by atoms with Gasteiger partial charge in [0.05, 0.1) is 22.3 Å². The van der Waals surface area contributed by atoms with E-state index in [9.17, 15) is 4.79 Å². The van der Waals surface area contributed by atoms with Crippen molar-refractivity contribution in [1.29, 1.82) is 0 Å². The van der Waals surface area contributed by atoms with Crippen LogP contribution in [0.1, 0.15) is 33.9 Å². The SMILES string of the molecule is Nc1c(Cl)cccc1C(=O)N[C@H]1CCc2ccccc21. The second-order valence-electron chi connectivity index (χ2n) is 4.96. The molecule has 3 N–H and O–H groups in total. The molecule has 0 fully saturated rings. The minimum absolute atomic E-state index is 0.0529. The lowest BCUT2D eigenvalue weighted by molar-refractivity contribution is 0.0937. The van der Waals surface area contributed by atoms with E-state index in [-0.39, 0.29) is 11.9 Å². The third-order valence-electron chi connectivity index (χ3n) is 3.74. The van der Waals surface area contributed by atoms with Crippen LogP contribution in [-0.2, 0) is 6.42 Å². The quantitative estimate of drug-likeness (QED) is 0.832. The van der Waals surface area contributed by atoms with Gasteiger partial charge in [-0.3, -0.25) is 4.79 Å². The number of fused-ring (bicyclic) bond motifs is 1. The summed E-state index contributed by atoms with van der Waals surface area (Å²) in [7, 11) is 0. The zero-order chi connectivity index (χ0) is 14.1. The van der Waals surface area contributed by atoms with E-state index in [1.165, 1.54) is 11.1 Å². The molecular weight excluding hydrogens is 272 g/mol. The first kappa shape index (κ1) is 13.0. The summed E-state index contributed by atoms with van der Waals surface area (Å²) in [6.07, 6.45) is 1.91. The highest BCUT2D eigenvalue weighted by Crippen LogP contribution is 2.31. The lowest BCUT2D eigenvalue weighted by Gasteiger charge is -2.15. The van der Waals surface area contributed by atoms with Crippen LogP contribution in [0.2, 0.25) is 5.02 Å². The van der Waals surface area contributed by atoms with E-state index in [1.807, 2.05) is 12.1 Å². The number of nitrogen functional groups attached to an aromatic ring is 1. The second-order valence-corrected chi connectivity index (χ2v) is 5.37. The zero-order valence-electron chi connectivity index (χ0n) is 10.9. The minimum Gasteiger partial charge on any atom is -0.397 e. The maximum Gasteiger partial charge on any atom is 0.253 e. The number of hydrogen-bond acceptors (Lipinski definition) is 2. The highest BCUT2D eigenvalue weighted by Gasteiger charge is 2.24. The molecule has 3 rings (SSSR count). The van der Waals surface area contributed by atoms with Crippen LogP contribution < -0.4 is 11.1 Å². The summed E-state index contributed by atoms with van der Waals surface area (Å²) >= 11 is 5.95. The standard InChI is InChI=1S/C16H15ClN2O/c17-13-7-3-6-12(15(13)18)16(20)19-14-9-8-10-4-1-2-5-11(10)14/h1-7,14H,8-9,18H2,(H,19,20)/t14-/m0/s1. The molecule has 1 atom stereocenters. The molecule has 1 aliphatic rings. The molecule has 20 heavy (non-hydrogen) atoms. The van der Waals surface area contributed by atoms with E-state index < -0.39 is 0 Å². The Balaban J connectivity index is 1.83. The zero-order valence-corrected chi connectivity index (χ0v) is 11.7. The van der Waals surface area contributed by atoms with E-state index in [0.717, 1.165) is 12.8 Å². The van der Waals surface area contributed by atoms with Gasteiger partial charge in [-0.2, -0.15) is 0 Å². The minimum atomic E-state index is -0.174. The first-order valence-electron chi connectivity index (χ1n) is 6.59. The number of amides is 1. The van der Waals surface area contributed by atoms with E-state index in [1.54, 1.807) is 18.2 Å². The molecule has 0 aliphatic heterocycles. The molecule has 2 aromatic rings. The molecule has 0 unspecified atom stereocenters. The molecule has 0 saturated carbocycles. The van der Waals surface area contributed by atoms with Crippen LogP contribution in [0.25, 0.3) is 0 Å².